The van der Waals surface area contributed by atoms with E-state index in [0.29, 0.717) is 24.7 Å². The van der Waals surface area contributed by atoms with E-state index < -0.39 is 0 Å². The fourth-order valence-electron chi connectivity index (χ4n) is 0.878. The van der Waals surface area contributed by atoms with Crippen molar-refractivity contribution in [2.24, 2.45) is 0 Å². The zero-order chi connectivity index (χ0) is 9.68. The number of hydrogen-bond donors (Lipinski definition) is 2. The van der Waals surface area contributed by atoms with Gasteiger partial charge in [0, 0.05) is 13.5 Å². The minimum atomic E-state index is -0.198. The van der Waals surface area contributed by atoms with Crippen molar-refractivity contribution in [3.8, 4) is 0 Å². The van der Waals surface area contributed by atoms with Crippen molar-refractivity contribution < 1.29 is 9.21 Å². The lowest BCUT2D eigenvalue weighted by Gasteiger charge is -2.02. The van der Waals surface area contributed by atoms with Crippen LogP contribution in [0.3, 0.4) is 0 Å². The zero-order valence-electron chi connectivity index (χ0n) is 7.76. The number of amides is 2. The van der Waals surface area contributed by atoms with E-state index in [1.807, 2.05) is 6.92 Å². The number of rotatable bonds is 3. The monoisotopic (exact) mass is 183 g/mol. The molecule has 5 heteroatoms. The van der Waals surface area contributed by atoms with Gasteiger partial charge in [-0.05, 0) is 6.92 Å². The first-order valence-corrected chi connectivity index (χ1v) is 4.15. The van der Waals surface area contributed by atoms with Gasteiger partial charge in [-0.1, -0.05) is 0 Å². The van der Waals surface area contributed by atoms with Gasteiger partial charge in [0.1, 0.15) is 5.76 Å². The molecule has 1 aromatic heterocycles. The van der Waals surface area contributed by atoms with Crippen LogP contribution in [0.5, 0.6) is 0 Å². The molecule has 0 atom stereocenters. The van der Waals surface area contributed by atoms with Crippen LogP contribution in [0.1, 0.15) is 18.6 Å². The van der Waals surface area contributed by atoms with E-state index in [0.717, 1.165) is 0 Å². The Labute approximate surface area is 76.5 Å². The number of carbonyl (C=O) groups is 1. The minimum Gasteiger partial charge on any atom is -0.444 e. The van der Waals surface area contributed by atoms with Gasteiger partial charge in [-0.3, -0.25) is 0 Å². The van der Waals surface area contributed by atoms with Gasteiger partial charge in [0.2, 0.25) is 0 Å². The number of oxazole rings is 1. The first-order chi connectivity index (χ1) is 6.22. The molecule has 2 N–H and O–H groups in total. The first-order valence-electron chi connectivity index (χ1n) is 4.15. The summed E-state index contributed by atoms with van der Waals surface area (Å²) in [5.74, 6) is 1.26. The van der Waals surface area contributed by atoms with Crippen molar-refractivity contribution >= 4 is 6.03 Å². The molecular formula is C8H13N3O2. The largest absolute Gasteiger partial charge is 0.444 e. The Balaban J connectivity index is 2.30. The predicted octanol–water partition coefficient (Wildman–Crippen LogP) is 0.802. The molecule has 0 bridgehead atoms. The number of aromatic nitrogens is 1. The van der Waals surface area contributed by atoms with Gasteiger partial charge >= 0.3 is 6.03 Å². The summed E-state index contributed by atoms with van der Waals surface area (Å²) < 4.78 is 5.16. The second kappa shape index (κ2) is 4.49. The number of urea groups is 1. The Hall–Kier alpha value is -1.52. The lowest BCUT2D eigenvalue weighted by atomic mass is 10.5. The lowest BCUT2D eigenvalue weighted by Crippen LogP contribution is -2.34. The lowest BCUT2D eigenvalue weighted by molar-refractivity contribution is 0.240. The Morgan fingerprint density at radius 1 is 1.62 bits per heavy atom. The fourth-order valence-corrected chi connectivity index (χ4v) is 0.878. The van der Waals surface area contributed by atoms with Crippen molar-refractivity contribution in [2.45, 2.75) is 20.4 Å². The number of carbonyl (C=O) groups excluding carboxylic acids is 1. The molecule has 0 unspecified atom stereocenters. The fraction of sp³-hybridized carbons (Fsp3) is 0.500. The molecule has 0 aliphatic carbocycles. The highest BCUT2D eigenvalue weighted by atomic mass is 16.4. The normalized spacial score (nSPS) is 9.69. The summed E-state index contributed by atoms with van der Waals surface area (Å²) >= 11 is 0. The molecule has 1 aromatic rings. The number of nitrogens with zero attached hydrogens (tertiary/aromatic N) is 1. The van der Waals surface area contributed by atoms with Gasteiger partial charge < -0.3 is 15.1 Å². The van der Waals surface area contributed by atoms with Crippen LogP contribution < -0.4 is 10.6 Å². The molecule has 1 rings (SSSR count). The molecule has 0 aromatic carbocycles. The molecule has 2 amide bonds. The third-order valence-corrected chi connectivity index (χ3v) is 1.43. The Morgan fingerprint density at radius 2 is 2.38 bits per heavy atom. The van der Waals surface area contributed by atoms with E-state index in [2.05, 4.69) is 15.6 Å². The minimum absolute atomic E-state index is 0.198. The molecule has 0 radical (unpaired) electrons. The molecule has 5 nitrogen and oxygen atoms in total. The standard InChI is InChI=1S/C8H13N3O2/c1-3-9-8(12)11-5-7-4-10-6(2)13-7/h4H,3,5H2,1-2H3,(H2,9,11,12). The molecule has 0 aliphatic heterocycles. The van der Waals surface area contributed by atoms with Crippen molar-refractivity contribution in [1.29, 1.82) is 0 Å². The van der Waals surface area contributed by atoms with Crippen LogP contribution in [0.25, 0.3) is 0 Å². The predicted molar refractivity (Wildman–Crippen MR) is 47.2 cm³/mol. The number of hydrogen-bond acceptors (Lipinski definition) is 3. The van der Waals surface area contributed by atoms with Gasteiger partial charge in [0.05, 0.1) is 12.7 Å². The van der Waals surface area contributed by atoms with Crippen LogP contribution in [0.4, 0.5) is 4.79 Å². The van der Waals surface area contributed by atoms with Crippen LogP contribution in [-0.4, -0.2) is 17.6 Å². The average Bonchev–Trinajstić information content (AvgIpc) is 2.49. The maximum absolute atomic E-state index is 10.9. The van der Waals surface area contributed by atoms with E-state index in [9.17, 15) is 4.79 Å². The Kier molecular flexibility index (Phi) is 3.31. The summed E-state index contributed by atoms with van der Waals surface area (Å²) in [6.07, 6.45) is 1.60. The zero-order valence-corrected chi connectivity index (χ0v) is 7.76. The van der Waals surface area contributed by atoms with Crippen molar-refractivity contribution in [1.82, 2.24) is 15.6 Å². The summed E-state index contributed by atoms with van der Waals surface area (Å²) in [5, 5.41) is 5.24. The second-order valence-electron chi connectivity index (χ2n) is 2.56. The van der Waals surface area contributed by atoms with E-state index in [1.54, 1.807) is 13.1 Å². The van der Waals surface area contributed by atoms with Crippen molar-refractivity contribution in [2.75, 3.05) is 6.54 Å². The third kappa shape index (κ3) is 3.14. The van der Waals surface area contributed by atoms with Crippen LogP contribution in [0.2, 0.25) is 0 Å². The van der Waals surface area contributed by atoms with E-state index >= 15 is 0 Å². The van der Waals surface area contributed by atoms with Crippen LogP contribution in [0.15, 0.2) is 10.6 Å². The molecular weight excluding hydrogens is 170 g/mol. The molecule has 0 aliphatic rings. The summed E-state index contributed by atoms with van der Waals surface area (Å²) in [4.78, 5) is 14.8. The van der Waals surface area contributed by atoms with Gasteiger partial charge in [-0.2, -0.15) is 0 Å². The number of aryl methyl sites for hydroxylation is 1. The Morgan fingerprint density at radius 3 is 2.92 bits per heavy atom. The summed E-state index contributed by atoms with van der Waals surface area (Å²) in [7, 11) is 0. The van der Waals surface area contributed by atoms with Crippen molar-refractivity contribution in [3.05, 3.63) is 17.8 Å². The molecule has 0 saturated heterocycles. The second-order valence-corrected chi connectivity index (χ2v) is 2.56. The Bertz CT molecular complexity index is 283. The van der Waals surface area contributed by atoms with Crippen molar-refractivity contribution in [3.63, 3.8) is 0 Å². The molecule has 72 valence electrons. The quantitative estimate of drug-likeness (QED) is 0.728. The molecule has 0 spiro atoms. The van der Waals surface area contributed by atoms with Crippen LogP contribution in [0, 0.1) is 6.92 Å². The summed E-state index contributed by atoms with van der Waals surface area (Å²) in [6, 6.07) is -0.198. The van der Waals surface area contributed by atoms with Crippen LogP contribution in [-0.2, 0) is 6.54 Å². The highest BCUT2D eigenvalue weighted by molar-refractivity contribution is 5.73. The van der Waals surface area contributed by atoms with Crippen LogP contribution >= 0.6 is 0 Å². The van der Waals surface area contributed by atoms with E-state index in [4.69, 9.17) is 4.42 Å². The van der Waals surface area contributed by atoms with Gasteiger partial charge in [0.15, 0.2) is 5.89 Å². The molecule has 0 saturated carbocycles. The topological polar surface area (TPSA) is 67.2 Å². The molecule has 0 fully saturated rings. The van der Waals surface area contributed by atoms with Gasteiger partial charge in [0.25, 0.3) is 0 Å². The maximum Gasteiger partial charge on any atom is 0.315 e. The molecule has 13 heavy (non-hydrogen) atoms. The highest BCUT2D eigenvalue weighted by Gasteiger charge is 2.01. The van der Waals surface area contributed by atoms with Gasteiger partial charge in [-0.25, -0.2) is 9.78 Å². The number of nitrogens with one attached hydrogen (secondary N) is 2. The SMILES string of the molecule is CCNC(=O)NCc1cnc(C)o1. The molecule has 1 heterocycles. The summed E-state index contributed by atoms with van der Waals surface area (Å²) in [6.45, 7) is 4.60. The first kappa shape index (κ1) is 9.57. The smallest absolute Gasteiger partial charge is 0.315 e. The maximum atomic E-state index is 10.9. The third-order valence-electron chi connectivity index (χ3n) is 1.43. The van der Waals surface area contributed by atoms with Gasteiger partial charge in [-0.15, -0.1) is 0 Å². The van der Waals surface area contributed by atoms with E-state index in [1.165, 1.54) is 0 Å². The highest BCUT2D eigenvalue weighted by Crippen LogP contribution is 2.00. The average molecular weight is 183 g/mol. The van der Waals surface area contributed by atoms with E-state index in [-0.39, 0.29) is 6.03 Å². The summed E-state index contributed by atoms with van der Waals surface area (Å²) in [5.41, 5.74) is 0.